The Balaban J connectivity index is 1.62. The molecule has 5 nitrogen and oxygen atoms in total. The number of hydrogen-bond donors (Lipinski definition) is 1. The Kier molecular flexibility index (Phi) is 7.39. The Morgan fingerprint density at radius 2 is 1.77 bits per heavy atom. The summed E-state index contributed by atoms with van der Waals surface area (Å²) in [7, 11) is 2.17. The van der Waals surface area contributed by atoms with Crippen molar-refractivity contribution in [2.45, 2.75) is 39.7 Å². The summed E-state index contributed by atoms with van der Waals surface area (Å²) < 4.78 is 0. The number of aryl methyl sites for hydroxylation is 2. The van der Waals surface area contributed by atoms with Crippen LogP contribution in [0.4, 0.5) is 5.82 Å². The molecule has 0 unspecified atom stereocenters. The first-order valence-electron chi connectivity index (χ1n) is 11.4. The van der Waals surface area contributed by atoms with E-state index in [1.807, 2.05) is 6.20 Å². The zero-order chi connectivity index (χ0) is 22.6. The number of nitrogens with two attached hydrogens (primary N) is 1. The van der Waals surface area contributed by atoms with E-state index in [2.05, 4.69) is 91.3 Å². The van der Waals surface area contributed by atoms with Crippen molar-refractivity contribution in [2.24, 2.45) is 5.73 Å². The smallest absolute Gasteiger partial charge is 0.131 e. The standard InChI is InChI=1S/C26H39N5/c1-20-18-21(2)25(28-19-20)31-16-14-30(15-17-31)22(3)23-8-10-24(11-9-23)26(4,5)29(6)13-7-12-27/h8-11,18-19H,3,7,12-17,27H2,1-2,4-6H3. The summed E-state index contributed by atoms with van der Waals surface area (Å²) in [6, 6.07) is 11.1. The third-order valence-electron chi connectivity index (χ3n) is 6.72. The second kappa shape index (κ2) is 9.84. The predicted molar refractivity (Wildman–Crippen MR) is 132 cm³/mol. The maximum absolute atomic E-state index is 5.69. The summed E-state index contributed by atoms with van der Waals surface area (Å²) >= 11 is 0. The van der Waals surface area contributed by atoms with Gasteiger partial charge in [-0.05, 0) is 76.5 Å². The summed E-state index contributed by atoms with van der Waals surface area (Å²) in [5.41, 5.74) is 11.7. The molecule has 0 atom stereocenters. The van der Waals surface area contributed by atoms with Crippen molar-refractivity contribution in [1.29, 1.82) is 0 Å². The summed E-state index contributed by atoms with van der Waals surface area (Å²) in [5.74, 6) is 1.11. The topological polar surface area (TPSA) is 48.6 Å². The third kappa shape index (κ3) is 5.28. The van der Waals surface area contributed by atoms with Crippen LogP contribution in [-0.4, -0.2) is 61.1 Å². The van der Waals surface area contributed by atoms with Crippen molar-refractivity contribution in [3.63, 3.8) is 0 Å². The molecule has 5 heteroatoms. The van der Waals surface area contributed by atoms with Crippen LogP contribution in [0, 0.1) is 13.8 Å². The van der Waals surface area contributed by atoms with E-state index in [0.29, 0.717) is 0 Å². The summed E-state index contributed by atoms with van der Waals surface area (Å²) in [6.45, 7) is 18.8. The number of aromatic nitrogens is 1. The highest BCUT2D eigenvalue weighted by atomic mass is 15.3. The van der Waals surface area contributed by atoms with Gasteiger partial charge in [-0.15, -0.1) is 0 Å². The van der Waals surface area contributed by atoms with E-state index >= 15 is 0 Å². The van der Waals surface area contributed by atoms with E-state index in [-0.39, 0.29) is 5.54 Å². The van der Waals surface area contributed by atoms with E-state index < -0.39 is 0 Å². The van der Waals surface area contributed by atoms with Gasteiger partial charge in [0.15, 0.2) is 0 Å². The molecule has 0 aliphatic carbocycles. The zero-order valence-corrected chi connectivity index (χ0v) is 20.0. The lowest BCUT2D eigenvalue weighted by molar-refractivity contribution is 0.156. The van der Waals surface area contributed by atoms with Crippen LogP contribution in [0.2, 0.25) is 0 Å². The molecule has 2 N–H and O–H groups in total. The van der Waals surface area contributed by atoms with Crippen molar-refractivity contribution >= 4 is 11.5 Å². The molecule has 1 fully saturated rings. The summed E-state index contributed by atoms with van der Waals surface area (Å²) in [4.78, 5) is 11.8. The largest absolute Gasteiger partial charge is 0.368 e. The lowest BCUT2D eigenvalue weighted by Crippen LogP contribution is -2.45. The molecule has 0 bridgehead atoms. The first-order chi connectivity index (χ1) is 14.7. The Labute approximate surface area is 188 Å². The Morgan fingerprint density at radius 3 is 2.35 bits per heavy atom. The normalized spacial score (nSPS) is 14.9. The Hall–Kier alpha value is -2.37. The number of benzene rings is 1. The van der Waals surface area contributed by atoms with Crippen LogP contribution in [-0.2, 0) is 5.54 Å². The second-order valence-electron chi connectivity index (χ2n) is 9.27. The number of hydrogen-bond acceptors (Lipinski definition) is 5. The molecule has 1 aromatic heterocycles. The summed E-state index contributed by atoms with van der Waals surface area (Å²) in [6.07, 6.45) is 2.97. The highest BCUT2D eigenvalue weighted by Crippen LogP contribution is 2.29. The number of piperazine rings is 1. The van der Waals surface area contributed by atoms with Gasteiger partial charge in [-0.2, -0.15) is 0 Å². The molecule has 168 valence electrons. The minimum atomic E-state index is -0.0282. The van der Waals surface area contributed by atoms with Crippen LogP contribution >= 0.6 is 0 Å². The second-order valence-corrected chi connectivity index (χ2v) is 9.27. The Bertz CT molecular complexity index is 879. The predicted octanol–water partition coefficient (Wildman–Crippen LogP) is 4.01. The maximum Gasteiger partial charge on any atom is 0.131 e. The monoisotopic (exact) mass is 421 g/mol. The highest BCUT2D eigenvalue weighted by Gasteiger charge is 2.26. The molecule has 3 rings (SSSR count). The van der Waals surface area contributed by atoms with Gasteiger partial charge in [0.2, 0.25) is 0 Å². The van der Waals surface area contributed by atoms with Crippen LogP contribution in [0.1, 0.15) is 42.5 Å². The van der Waals surface area contributed by atoms with Crippen LogP contribution in [0.15, 0.2) is 43.1 Å². The molecule has 1 aliphatic rings. The number of nitrogens with zero attached hydrogens (tertiary/aromatic N) is 4. The van der Waals surface area contributed by atoms with Gasteiger partial charge in [0.1, 0.15) is 5.82 Å². The minimum Gasteiger partial charge on any atom is -0.368 e. The van der Waals surface area contributed by atoms with E-state index in [9.17, 15) is 0 Å². The first kappa shape index (κ1) is 23.3. The molecule has 31 heavy (non-hydrogen) atoms. The first-order valence-corrected chi connectivity index (χ1v) is 11.4. The van der Waals surface area contributed by atoms with Crippen molar-refractivity contribution in [1.82, 2.24) is 14.8 Å². The molecule has 1 aromatic carbocycles. The van der Waals surface area contributed by atoms with E-state index in [1.54, 1.807) is 0 Å². The average molecular weight is 422 g/mol. The fourth-order valence-corrected chi connectivity index (χ4v) is 4.31. The van der Waals surface area contributed by atoms with Crippen molar-refractivity contribution in [3.05, 3.63) is 65.4 Å². The minimum absolute atomic E-state index is 0.0282. The molecule has 0 spiro atoms. The number of rotatable bonds is 8. The lowest BCUT2D eigenvalue weighted by Gasteiger charge is -2.38. The van der Waals surface area contributed by atoms with Crippen LogP contribution in [0.5, 0.6) is 0 Å². The van der Waals surface area contributed by atoms with Gasteiger partial charge in [0.25, 0.3) is 0 Å². The van der Waals surface area contributed by atoms with E-state index in [1.165, 1.54) is 22.3 Å². The maximum atomic E-state index is 5.69. The van der Waals surface area contributed by atoms with Crippen LogP contribution in [0.3, 0.4) is 0 Å². The van der Waals surface area contributed by atoms with Crippen LogP contribution < -0.4 is 10.6 Å². The van der Waals surface area contributed by atoms with Crippen molar-refractivity contribution in [3.8, 4) is 0 Å². The SMILES string of the molecule is C=C(c1ccc(C(C)(C)N(C)CCCN)cc1)N1CCN(c2ncc(C)cc2C)CC1. The van der Waals surface area contributed by atoms with E-state index in [4.69, 9.17) is 5.73 Å². The van der Waals surface area contributed by atoms with Gasteiger partial charge >= 0.3 is 0 Å². The summed E-state index contributed by atoms with van der Waals surface area (Å²) in [5, 5.41) is 0. The lowest BCUT2D eigenvalue weighted by atomic mass is 9.91. The fraction of sp³-hybridized carbons (Fsp3) is 0.500. The van der Waals surface area contributed by atoms with E-state index in [0.717, 1.165) is 57.2 Å². The zero-order valence-electron chi connectivity index (χ0n) is 20.0. The Morgan fingerprint density at radius 1 is 1.13 bits per heavy atom. The van der Waals surface area contributed by atoms with Gasteiger partial charge in [-0.25, -0.2) is 4.98 Å². The fourth-order valence-electron chi connectivity index (χ4n) is 4.31. The average Bonchev–Trinajstić information content (AvgIpc) is 2.77. The van der Waals surface area contributed by atoms with Crippen molar-refractivity contribution in [2.75, 3.05) is 51.2 Å². The molecule has 2 heterocycles. The molecule has 1 saturated heterocycles. The number of pyridine rings is 1. The highest BCUT2D eigenvalue weighted by molar-refractivity contribution is 5.63. The quantitative estimate of drug-likeness (QED) is 0.698. The molecule has 0 saturated carbocycles. The van der Waals surface area contributed by atoms with Gasteiger partial charge in [-0.1, -0.05) is 36.9 Å². The van der Waals surface area contributed by atoms with Gasteiger partial charge < -0.3 is 15.5 Å². The third-order valence-corrected chi connectivity index (χ3v) is 6.72. The molecule has 0 radical (unpaired) electrons. The molecule has 2 aromatic rings. The molecule has 1 aliphatic heterocycles. The number of anilines is 1. The molecular formula is C26H39N5. The van der Waals surface area contributed by atoms with Gasteiger partial charge in [-0.3, -0.25) is 4.90 Å². The van der Waals surface area contributed by atoms with Gasteiger partial charge in [0, 0.05) is 43.6 Å². The van der Waals surface area contributed by atoms with Crippen molar-refractivity contribution < 1.29 is 0 Å². The van der Waals surface area contributed by atoms with Gasteiger partial charge in [0.05, 0.1) is 0 Å². The molecule has 0 amide bonds. The molecular weight excluding hydrogens is 382 g/mol. The van der Waals surface area contributed by atoms with Crippen LogP contribution in [0.25, 0.3) is 5.70 Å².